The van der Waals surface area contributed by atoms with E-state index in [1.54, 1.807) is 13.8 Å². The number of benzene rings is 1. The predicted molar refractivity (Wildman–Crippen MR) is 90.6 cm³/mol. The van der Waals surface area contributed by atoms with Crippen molar-refractivity contribution >= 4 is 15.7 Å². The molecule has 0 radical (unpaired) electrons. The Bertz CT molecular complexity index is 717. The highest BCUT2D eigenvalue weighted by atomic mass is 32.2. The standard InChI is InChI=1S/C16H24N2O5S/c1-4-8-23-15-6-5-7-17(11-15)24(21,22)16-10-14(18(19)20)9-12(2)13(16)3/h9-10,15H,4-8,11H2,1-3H3/t15-/m1/s1. The molecule has 0 aliphatic carbocycles. The van der Waals surface area contributed by atoms with Crippen LogP contribution in [0.2, 0.25) is 0 Å². The van der Waals surface area contributed by atoms with Crippen molar-refractivity contribution < 1.29 is 18.1 Å². The first kappa shape index (κ1) is 18.8. The Morgan fingerprint density at radius 1 is 1.38 bits per heavy atom. The largest absolute Gasteiger partial charge is 0.377 e. The lowest BCUT2D eigenvalue weighted by Gasteiger charge is -2.32. The molecule has 1 heterocycles. The number of ether oxygens (including phenoxy) is 1. The Hall–Kier alpha value is -1.51. The van der Waals surface area contributed by atoms with Crippen LogP contribution in [0, 0.1) is 24.0 Å². The minimum Gasteiger partial charge on any atom is -0.377 e. The molecule has 8 heteroatoms. The number of nitro groups is 1. The Morgan fingerprint density at radius 2 is 2.08 bits per heavy atom. The fraction of sp³-hybridized carbons (Fsp3) is 0.625. The zero-order chi connectivity index (χ0) is 17.9. The molecule has 134 valence electrons. The van der Waals surface area contributed by atoms with Crippen LogP contribution in [0.15, 0.2) is 17.0 Å². The molecule has 24 heavy (non-hydrogen) atoms. The molecule has 0 N–H and O–H groups in total. The third-order valence-corrected chi connectivity index (χ3v) is 6.32. The summed E-state index contributed by atoms with van der Waals surface area (Å²) in [6.07, 6.45) is 2.32. The number of nitro benzene ring substituents is 1. The Labute approximate surface area is 142 Å². The molecule has 2 rings (SSSR count). The molecule has 0 bridgehead atoms. The van der Waals surface area contributed by atoms with Crippen LogP contribution in [-0.4, -0.2) is 43.4 Å². The summed E-state index contributed by atoms with van der Waals surface area (Å²) in [7, 11) is -3.78. The molecule has 0 spiro atoms. The SMILES string of the molecule is CCCO[C@@H]1CCCN(S(=O)(=O)c2cc([N+](=O)[O-])cc(C)c2C)C1. The van der Waals surface area contributed by atoms with E-state index in [1.807, 2.05) is 6.92 Å². The van der Waals surface area contributed by atoms with Crippen molar-refractivity contribution in [1.82, 2.24) is 4.31 Å². The molecule has 1 aliphatic rings. The fourth-order valence-corrected chi connectivity index (χ4v) is 4.69. The van der Waals surface area contributed by atoms with Gasteiger partial charge in [0.1, 0.15) is 0 Å². The highest BCUT2D eigenvalue weighted by molar-refractivity contribution is 7.89. The quantitative estimate of drug-likeness (QED) is 0.577. The molecule has 1 aliphatic heterocycles. The number of rotatable bonds is 6. The predicted octanol–water partition coefficient (Wildman–Crippen LogP) is 2.79. The van der Waals surface area contributed by atoms with Crippen molar-refractivity contribution in [3.63, 3.8) is 0 Å². The second kappa shape index (κ2) is 7.58. The van der Waals surface area contributed by atoms with Crippen LogP contribution in [0.5, 0.6) is 0 Å². The van der Waals surface area contributed by atoms with E-state index in [4.69, 9.17) is 4.74 Å². The van der Waals surface area contributed by atoms with Gasteiger partial charge in [0.2, 0.25) is 10.0 Å². The zero-order valence-electron chi connectivity index (χ0n) is 14.3. The van der Waals surface area contributed by atoms with Crippen molar-refractivity contribution in [3.8, 4) is 0 Å². The van der Waals surface area contributed by atoms with Crippen molar-refractivity contribution in [1.29, 1.82) is 0 Å². The van der Waals surface area contributed by atoms with Crippen molar-refractivity contribution in [2.45, 2.75) is 51.0 Å². The van der Waals surface area contributed by atoms with Gasteiger partial charge in [0, 0.05) is 31.8 Å². The van der Waals surface area contributed by atoms with Crippen LogP contribution in [0.3, 0.4) is 0 Å². The molecule has 1 atom stereocenters. The minimum absolute atomic E-state index is 0.0188. The fourth-order valence-electron chi connectivity index (χ4n) is 2.86. The minimum atomic E-state index is -3.78. The summed E-state index contributed by atoms with van der Waals surface area (Å²) in [5.74, 6) is 0. The summed E-state index contributed by atoms with van der Waals surface area (Å²) in [5, 5.41) is 11.1. The van der Waals surface area contributed by atoms with Gasteiger partial charge in [-0.2, -0.15) is 4.31 Å². The summed E-state index contributed by atoms with van der Waals surface area (Å²) in [6.45, 7) is 6.69. The van der Waals surface area contributed by atoms with Crippen LogP contribution in [0.25, 0.3) is 0 Å². The monoisotopic (exact) mass is 356 g/mol. The average Bonchev–Trinajstić information content (AvgIpc) is 2.55. The van der Waals surface area contributed by atoms with Crippen LogP contribution in [-0.2, 0) is 14.8 Å². The van der Waals surface area contributed by atoms with Gasteiger partial charge in [-0.15, -0.1) is 0 Å². The molecule has 0 aromatic heterocycles. The van der Waals surface area contributed by atoms with Gasteiger partial charge < -0.3 is 4.74 Å². The van der Waals surface area contributed by atoms with E-state index in [-0.39, 0.29) is 16.7 Å². The number of hydrogen-bond acceptors (Lipinski definition) is 5. The molecule has 0 saturated carbocycles. The first-order valence-electron chi connectivity index (χ1n) is 8.14. The molecule has 1 aromatic carbocycles. The van der Waals surface area contributed by atoms with E-state index >= 15 is 0 Å². The smallest absolute Gasteiger partial charge is 0.271 e. The maximum atomic E-state index is 13.0. The first-order valence-corrected chi connectivity index (χ1v) is 9.58. The van der Waals surface area contributed by atoms with Gasteiger partial charge in [-0.3, -0.25) is 10.1 Å². The number of hydrogen-bond donors (Lipinski definition) is 0. The third-order valence-electron chi connectivity index (χ3n) is 4.33. The topological polar surface area (TPSA) is 89.8 Å². The van der Waals surface area contributed by atoms with Crippen molar-refractivity contribution in [2.24, 2.45) is 0 Å². The van der Waals surface area contributed by atoms with E-state index < -0.39 is 14.9 Å². The lowest BCUT2D eigenvalue weighted by Crippen LogP contribution is -2.43. The van der Waals surface area contributed by atoms with E-state index in [9.17, 15) is 18.5 Å². The number of non-ortho nitro benzene ring substituents is 1. The van der Waals surface area contributed by atoms with E-state index in [0.29, 0.717) is 30.8 Å². The van der Waals surface area contributed by atoms with E-state index in [0.717, 1.165) is 25.3 Å². The second-order valence-electron chi connectivity index (χ2n) is 6.14. The number of aryl methyl sites for hydroxylation is 1. The van der Waals surface area contributed by atoms with Crippen LogP contribution >= 0.6 is 0 Å². The first-order chi connectivity index (χ1) is 11.3. The molecule has 1 saturated heterocycles. The Kier molecular flexibility index (Phi) is 5.95. The maximum Gasteiger partial charge on any atom is 0.271 e. The molecule has 1 fully saturated rings. The van der Waals surface area contributed by atoms with Crippen molar-refractivity contribution in [2.75, 3.05) is 19.7 Å². The summed E-state index contributed by atoms with van der Waals surface area (Å²) >= 11 is 0. The normalized spacial score (nSPS) is 19.4. The number of sulfonamides is 1. The third kappa shape index (κ3) is 3.93. The molecule has 0 amide bonds. The van der Waals surface area contributed by atoms with E-state index in [2.05, 4.69) is 0 Å². The maximum absolute atomic E-state index is 13.0. The highest BCUT2D eigenvalue weighted by Crippen LogP contribution is 2.29. The van der Waals surface area contributed by atoms with Crippen LogP contribution in [0.4, 0.5) is 5.69 Å². The lowest BCUT2D eigenvalue weighted by molar-refractivity contribution is -0.385. The van der Waals surface area contributed by atoms with Gasteiger partial charge in [0.15, 0.2) is 0 Å². The summed E-state index contributed by atoms with van der Waals surface area (Å²) in [6, 6.07) is 2.56. The average molecular weight is 356 g/mol. The van der Waals surface area contributed by atoms with E-state index in [1.165, 1.54) is 10.4 Å². The Balaban J connectivity index is 2.34. The number of piperidine rings is 1. The molecular formula is C16H24N2O5S. The van der Waals surface area contributed by atoms with Gasteiger partial charge in [-0.25, -0.2) is 8.42 Å². The van der Waals surface area contributed by atoms with Crippen molar-refractivity contribution in [3.05, 3.63) is 33.4 Å². The number of nitrogens with zero attached hydrogens (tertiary/aromatic N) is 2. The van der Waals surface area contributed by atoms with Crippen LogP contribution in [0.1, 0.15) is 37.3 Å². The van der Waals surface area contributed by atoms with Gasteiger partial charge in [0.05, 0.1) is 15.9 Å². The van der Waals surface area contributed by atoms with Gasteiger partial charge in [-0.1, -0.05) is 6.92 Å². The van der Waals surface area contributed by atoms with Gasteiger partial charge in [-0.05, 0) is 44.2 Å². The summed E-state index contributed by atoms with van der Waals surface area (Å²) in [5.41, 5.74) is 0.947. The summed E-state index contributed by atoms with van der Waals surface area (Å²) < 4.78 is 33.1. The molecular weight excluding hydrogens is 332 g/mol. The highest BCUT2D eigenvalue weighted by Gasteiger charge is 2.33. The van der Waals surface area contributed by atoms with Crippen LogP contribution < -0.4 is 0 Å². The van der Waals surface area contributed by atoms with Gasteiger partial charge in [0.25, 0.3) is 5.69 Å². The molecule has 7 nitrogen and oxygen atoms in total. The molecule has 0 unspecified atom stereocenters. The van der Waals surface area contributed by atoms with Gasteiger partial charge >= 0.3 is 0 Å². The Morgan fingerprint density at radius 3 is 2.71 bits per heavy atom. The second-order valence-corrected chi connectivity index (χ2v) is 8.05. The zero-order valence-corrected chi connectivity index (χ0v) is 15.1. The lowest BCUT2D eigenvalue weighted by atomic mass is 10.1. The summed E-state index contributed by atoms with van der Waals surface area (Å²) in [4.78, 5) is 10.5. The molecule has 1 aromatic rings.